The van der Waals surface area contributed by atoms with Gasteiger partial charge in [0.1, 0.15) is 0 Å². The van der Waals surface area contributed by atoms with Gasteiger partial charge in [0.15, 0.2) is 0 Å². The number of furan rings is 1. The van der Waals surface area contributed by atoms with Gasteiger partial charge < -0.3 is 14.6 Å². The standard InChI is InChI=1S/C13H13NO6S/c15-8-10(9-4-2-1-3-5-9)14-21(18,19)12-7-6-11(20-12)13(16)17/h1-7,10,14-15H,8H2,(H,16,17)/t10-/m1/s1. The van der Waals surface area contributed by atoms with Crippen LogP contribution in [0.3, 0.4) is 0 Å². The van der Waals surface area contributed by atoms with Crippen molar-refractivity contribution in [1.82, 2.24) is 4.72 Å². The molecule has 0 spiro atoms. The summed E-state index contributed by atoms with van der Waals surface area (Å²) in [5.74, 6) is -1.84. The highest BCUT2D eigenvalue weighted by Gasteiger charge is 2.25. The number of benzene rings is 1. The Balaban J connectivity index is 2.25. The fourth-order valence-electron chi connectivity index (χ4n) is 1.72. The molecular formula is C13H13NO6S. The zero-order valence-electron chi connectivity index (χ0n) is 10.8. The molecule has 0 amide bonds. The first-order valence-corrected chi connectivity index (χ1v) is 7.43. The van der Waals surface area contributed by atoms with E-state index in [0.29, 0.717) is 5.56 Å². The molecule has 0 saturated carbocycles. The van der Waals surface area contributed by atoms with E-state index in [0.717, 1.165) is 12.1 Å². The second-order valence-corrected chi connectivity index (χ2v) is 5.84. The van der Waals surface area contributed by atoms with Gasteiger partial charge in [0.2, 0.25) is 10.9 Å². The molecule has 3 N–H and O–H groups in total. The van der Waals surface area contributed by atoms with Crippen molar-refractivity contribution in [3.05, 3.63) is 53.8 Å². The van der Waals surface area contributed by atoms with Crippen molar-refractivity contribution < 1.29 is 27.8 Å². The molecule has 7 nitrogen and oxygen atoms in total. The molecular weight excluding hydrogens is 298 g/mol. The number of carboxylic acid groups (broad SMARTS) is 1. The lowest BCUT2D eigenvalue weighted by atomic mass is 10.1. The van der Waals surface area contributed by atoms with Crippen LogP contribution < -0.4 is 4.72 Å². The first-order valence-electron chi connectivity index (χ1n) is 5.95. The Labute approximate surface area is 120 Å². The molecule has 0 radical (unpaired) electrons. The van der Waals surface area contributed by atoms with Crippen LogP contribution in [0.25, 0.3) is 0 Å². The fourth-order valence-corrected chi connectivity index (χ4v) is 2.87. The summed E-state index contributed by atoms with van der Waals surface area (Å²) >= 11 is 0. The molecule has 8 heteroatoms. The van der Waals surface area contributed by atoms with Crippen molar-refractivity contribution in [2.45, 2.75) is 11.1 Å². The van der Waals surface area contributed by atoms with Gasteiger partial charge in [-0.05, 0) is 17.7 Å². The van der Waals surface area contributed by atoms with Gasteiger partial charge in [-0.15, -0.1) is 0 Å². The van der Waals surface area contributed by atoms with Gasteiger partial charge in [-0.25, -0.2) is 13.2 Å². The maximum atomic E-state index is 12.1. The summed E-state index contributed by atoms with van der Waals surface area (Å²) in [7, 11) is -4.07. The van der Waals surface area contributed by atoms with E-state index in [2.05, 4.69) is 4.72 Å². The largest absolute Gasteiger partial charge is 0.475 e. The maximum absolute atomic E-state index is 12.1. The molecule has 2 aromatic rings. The lowest BCUT2D eigenvalue weighted by molar-refractivity contribution is 0.0656. The summed E-state index contributed by atoms with van der Waals surface area (Å²) in [6.07, 6.45) is 0. The molecule has 2 rings (SSSR count). The van der Waals surface area contributed by atoms with Gasteiger partial charge in [0.05, 0.1) is 12.6 Å². The minimum atomic E-state index is -4.07. The smallest absolute Gasteiger partial charge is 0.371 e. The van der Waals surface area contributed by atoms with E-state index >= 15 is 0 Å². The van der Waals surface area contributed by atoms with Crippen molar-refractivity contribution in [3.63, 3.8) is 0 Å². The predicted octanol–water partition coefficient (Wildman–Crippen LogP) is 0.990. The fraction of sp³-hybridized carbons (Fsp3) is 0.154. The molecule has 0 aliphatic heterocycles. The Bertz CT molecular complexity index is 722. The first kappa shape index (κ1) is 15.2. The molecule has 1 heterocycles. The second kappa shape index (κ2) is 6.08. The molecule has 0 fully saturated rings. The minimum absolute atomic E-state index is 0.449. The first-order chi connectivity index (χ1) is 9.94. The van der Waals surface area contributed by atoms with Gasteiger partial charge in [-0.1, -0.05) is 30.3 Å². The van der Waals surface area contributed by atoms with Gasteiger partial charge in [0.25, 0.3) is 10.0 Å². The van der Waals surface area contributed by atoms with Crippen molar-refractivity contribution in [3.8, 4) is 0 Å². The Hall–Kier alpha value is -2.16. The maximum Gasteiger partial charge on any atom is 0.371 e. The van der Waals surface area contributed by atoms with E-state index in [1.807, 2.05) is 0 Å². The summed E-state index contributed by atoms with van der Waals surface area (Å²) in [5.41, 5.74) is 0.577. The second-order valence-electron chi connectivity index (χ2n) is 4.19. The van der Waals surface area contributed by atoms with Crippen LogP contribution in [0.2, 0.25) is 0 Å². The van der Waals surface area contributed by atoms with Crippen LogP contribution in [0.4, 0.5) is 0 Å². The molecule has 21 heavy (non-hydrogen) atoms. The van der Waals surface area contributed by atoms with Crippen LogP contribution in [-0.2, 0) is 10.0 Å². The van der Waals surface area contributed by atoms with Gasteiger partial charge >= 0.3 is 5.97 Å². The third kappa shape index (κ3) is 3.48. The lowest BCUT2D eigenvalue weighted by Crippen LogP contribution is -2.30. The van der Waals surface area contributed by atoms with E-state index in [1.54, 1.807) is 30.3 Å². The zero-order chi connectivity index (χ0) is 15.5. The van der Waals surface area contributed by atoms with Crippen LogP contribution in [0.1, 0.15) is 22.2 Å². The van der Waals surface area contributed by atoms with Crippen LogP contribution in [0.5, 0.6) is 0 Å². The van der Waals surface area contributed by atoms with Crippen molar-refractivity contribution in [1.29, 1.82) is 0 Å². The number of nitrogens with one attached hydrogen (secondary N) is 1. The molecule has 1 atom stereocenters. The highest BCUT2D eigenvalue weighted by atomic mass is 32.2. The quantitative estimate of drug-likeness (QED) is 0.732. The number of carbonyl (C=O) groups is 1. The third-order valence-electron chi connectivity index (χ3n) is 2.74. The summed E-state index contributed by atoms with van der Waals surface area (Å²) in [5, 5.41) is 17.5. The highest BCUT2D eigenvalue weighted by Crippen LogP contribution is 2.18. The average molecular weight is 311 g/mol. The topological polar surface area (TPSA) is 117 Å². The van der Waals surface area contributed by atoms with E-state index in [-0.39, 0.29) is 0 Å². The van der Waals surface area contributed by atoms with Crippen LogP contribution >= 0.6 is 0 Å². The number of sulfonamides is 1. The van der Waals surface area contributed by atoms with Crippen molar-refractivity contribution in [2.75, 3.05) is 6.61 Å². The molecule has 0 aliphatic carbocycles. The van der Waals surface area contributed by atoms with E-state index < -0.39 is 39.5 Å². The average Bonchev–Trinajstić information content (AvgIpc) is 2.96. The molecule has 112 valence electrons. The molecule has 1 aromatic heterocycles. The summed E-state index contributed by atoms with van der Waals surface area (Å²) < 4.78 is 31.2. The zero-order valence-corrected chi connectivity index (χ0v) is 11.6. The van der Waals surface area contributed by atoms with E-state index in [9.17, 15) is 18.3 Å². The SMILES string of the molecule is O=C(O)c1ccc(S(=O)(=O)N[C@H](CO)c2ccccc2)o1. The van der Waals surface area contributed by atoms with Gasteiger partial charge in [-0.3, -0.25) is 0 Å². The number of hydrogen-bond acceptors (Lipinski definition) is 5. The molecule has 0 aliphatic rings. The molecule has 0 unspecified atom stereocenters. The Morgan fingerprint density at radius 1 is 1.19 bits per heavy atom. The van der Waals surface area contributed by atoms with Crippen molar-refractivity contribution >= 4 is 16.0 Å². The van der Waals surface area contributed by atoms with E-state index in [4.69, 9.17) is 9.52 Å². The highest BCUT2D eigenvalue weighted by molar-refractivity contribution is 7.89. The number of hydrogen-bond donors (Lipinski definition) is 3. The lowest BCUT2D eigenvalue weighted by Gasteiger charge is -2.15. The number of aliphatic hydroxyl groups excluding tert-OH is 1. The van der Waals surface area contributed by atoms with Crippen LogP contribution in [0, 0.1) is 0 Å². The van der Waals surface area contributed by atoms with Crippen LogP contribution in [-0.4, -0.2) is 31.2 Å². The minimum Gasteiger partial charge on any atom is -0.475 e. The summed E-state index contributed by atoms with van der Waals surface area (Å²) in [6.45, 7) is -0.449. The van der Waals surface area contributed by atoms with E-state index in [1.165, 1.54) is 0 Å². The third-order valence-corrected chi connectivity index (χ3v) is 4.08. The number of carboxylic acids is 1. The molecule has 1 aromatic carbocycles. The summed E-state index contributed by atoms with van der Waals surface area (Å²) in [6, 6.07) is 9.75. The van der Waals surface area contributed by atoms with Crippen LogP contribution in [0.15, 0.2) is 52.0 Å². The monoisotopic (exact) mass is 311 g/mol. The Kier molecular flexibility index (Phi) is 4.41. The normalized spacial score (nSPS) is 13.0. The Morgan fingerprint density at radius 3 is 2.38 bits per heavy atom. The van der Waals surface area contributed by atoms with Gasteiger partial charge in [-0.2, -0.15) is 4.72 Å². The molecule has 0 bridgehead atoms. The number of aromatic carboxylic acids is 1. The Morgan fingerprint density at radius 2 is 1.86 bits per heavy atom. The summed E-state index contributed by atoms with van der Waals surface area (Å²) in [4.78, 5) is 10.7. The van der Waals surface area contributed by atoms with Gasteiger partial charge in [0, 0.05) is 0 Å². The number of rotatable bonds is 6. The predicted molar refractivity (Wildman–Crippen MR) is 72.3 cm³/mol. The number of aliphatic hydroxyl groups is 1. The molecule has 0 saturated heterocycles. The van der Waals surface area contributed by atoms with Crippen molar-refractivity contribution in [2.24, 2.45) is 0 Å².